The summed E-state index contributed by atoms with van der Waals surface area (Å²) in [5.41, 5.74) is 0. The highest BCUT2D eigenvalue weighted by Crippen LogP contribution is 2.36. The van der Waals surface area contributed by atoms with Gasteiger partial charge in [0.05, 0.1) is 13.2 Å². The summed E-state index contributed by atoms with van der Waals surface area (Å²) in [6.45, 7) is 1.44. The van der Waals surface area contributed by atoms with Crippen LogP contribution in [-0.4, -0.2) is 30.9 Å². The van der Waals surface area contributed by atoms with Crippen molar-refractivity contribution in [3.8, 4) is 0 Å². The predicted octanol–water partition coefficient (Wildman–Crippen LogP) is 1.59. The van der Waals surface area contributed by atoms with Gasteiger partial charge in [0.2, 0.25) is 5.91 Å². The fourth-order valence-corrected chi connectivity index (χ4v) is 2.86. The first-order valence-electron chi connectivity index (χ1n) is 6.83. The van der Waals surface area contributed by atoms with Gasteiger partial charge in [0, 0.05) is 25.3 Å². The Hall–Kier alpha value is -0.610. The minimum Gasteiger partial charge on any atom is -0.353 e. The van der Waals surface area contributed by atoms with Gasteiger partial charge in [-0.15, -0.1) is 0 Å². The minimum absolute atomic E-state index is 0.238. The maximum absolute atomic E-state index is 11.7. The van der Waals surface area contributed by atoms with Crippen LogP contribution in [0, 0.1) is 5.92 Å². The highest BCUT2D eigenvalue weighted by Gasteiger charge is 2.40. The monoisotopic (exact) mass is 239 g/mol. The summed E-state index contributed by atoms with van der Waals surface area (Å²) in [6.07, 6.45) is 7.01. The summed E-state index contributed by atoms with van der Waals surface area (Å²) in [5.74, 6) is 0.602. The third kappa shape index (κ3) is 2.80. The van der Waals surface area contributed by atoms with Crippen molar-refractivity contribution in [1.82, 2.24) is 5.32 Å². The molecule has 0 aromatic rings. The molecule has 1 N–H and O–H groups in total. The summed E-state index contributed by atoms with van der Waals surface area (Å²) in [6, 6.07) is 0.333. The van der Waals surface area contributed by atoms with Crippen LogP contribution >= 0.6 is 0 Å². The zero-order valence-electron chi connectivity index (χ0n) is 10.2. The second-order valence-electron chi connectivity index (χ2n) is 5.60. The summed E-state index contributed by atoms with van der Waals surface area (Å²) < 4.78 is 11.3. The molecule has 4 nitrogen and oxygen atoms in total. The Morgan fingerprint density at radius 2 is 1.76 bits per heavy atom. The number of hydrogen-bond acceptors (Lipinski definition) is 3. The van der Waals surface area contributed by atoms with E-state index in [0.717, 1.165) is 45.3 Å². The molecule has 1 spiro atoms. The molecule has 0 aromatic carbocycles. The molecule has 0 atom stereocenters. The molecule has 1 amide bonds. The van der Waals surface area contributed by atoms with Crippen molar-refractivity contribution in [2.45, 2.75) is 56.8 Å². The van der Waals surface area contributed by atoms with Gasteiger partial charge in [0.15, 0.2) is 5.79 Å². The number of nitrogens with one attached hydrogen (secondary N) is 1. The van der Waals surface area contributed by atoms with Crippen LogP contribution in [0.4, 0.5) is 0 Å². The van der Waals surface area contributed by atoms with Crippen molar-refractivity contribution in [2.24, 2.45) is 5.92 Å². The van der Waals surface area contributed by atoms with E-state index in [1.165, 1.54) is 12.8 Å². The molecule has 1 aliphatic heterocycles. The molecule has 0 bridgehead atoms. The van der Waals surface area contributed by atoms with Gasteiger partial charge in [-0.2, -0.15) is 0 Å². The molecule has 2 aliphatic carbocycles. The van der Waals surface area contributed by atoms with Gasteiger partial charge in [-0.05, 0) is 31.6 Å². The van der Waals surface area contributed by atoms with Crippen molar-refractivity contribution in [3.63, 3.8) is 0 Å². The van der Waals surface area contributed by atoms with Crippen LogP contribution in [0.2, 0.25) is 0 Å². The van der Waals surface area contributed by atoms with E-state index >= 15 is 0 Å². The second kappa shape index (κ2) is 4.58. The number of rotatable bonds is 3. The average molecular weight is 239 g/mol. The van der Waals surface area contributed by atoms with Gasteiger partial charge in [0.25, 0.3) is 0 Å². The number of ether oxygens (including phenoxy) is 2. The number of hydrogen-bond donors (Lipinski definition) is 1. The number of carbonyl (C=O) groups is 1. The molecule has 17 heavy (non-hydrogen) atoms. The Morgan fingerprint density at radius 3 is 2.35 bits per heavy atom. The van der Waals surface area contributed by atoms with E-state index in [4.69, 9.17) is 9.47 Å². The topological polar surface area (TPSA) is 47.6 Å². The van der Waals surface area contributed by atoms with Crippen molar-refractivity contribution < 1.29 is 14.3 Å². The Bertz CT molecular complexity index is 285. The second-order valence-corrected chi connectivity index (χ2v) is 5.60. The molecule has 2 saturated carbocycles. The van der Waals surface area contributed by atoms with Gasteiger partial charge in [-0.25, -0.2) is 0 Å². The van der Waals surface area contributed by atoms with Crippen molar-refractivity contribution in [2.75, 3.05) is 13.2 Å². The van der Waals surface area contributed by atoms with E-state index < -0.39 is 0 Å². The molecule has 1 saturated heterocycles. The fraction of sp³-hybridized carbons (Fsp3) is 0.923. The molecule has 0 unspecified atom stereocenters. The summed E-state index contributed by atoms with van der Waals surface area (Å²) in [5, 5.41) is 3.15. The zero-order chi connectivity index (χ0) is 11.7. The third-order valence-corrected chi connectivity index (χ3v) is 4.10. The van der Waals surface area contributed by atoms with Gasteiger partial charge in [-0.1, -0.05) is 0 Å². The first kappa shape index (κ1) is 11.5. The zero-order valence-corrected chi connectivity index (χ0v) is 10.2. The lowest BCUT2D eigenvalue weighted by Gasteiger charge is -2.35. The van der Waals surface area contributed by atoms with Gasteiger partial charge in [-0.3, -0.25) is 4.79 Å². The van der Waals surface area contributed by atoms with Gasteiger partial charge < -0.3 is 14.8 Å². The van der Waals surface area contributed by atoms with Crippen LogP contribution in [0.1, 0.15) is 44.9 Å². The maximum Gasteiger partial charge on any atom is 0.220 e. The van der Waals surface area contributed by atoms with Crippen LogP contribution in [0.5, 0.6) is 0 Å². The van der Waals surface area contributed by atoms with Crippen LogP contribution in [0.15, 0.2) is 0 Å². The Balaban J connectivity index is 1.42. The van der Waals surface area contributed by atoms with E-state index in [1.807, 2.05) is 0 Å². The van der Waals surface area contributed by atoms with Gasteiger partial charge >= 0.3 is 0 Å². The number of carbonyl (C=O) groups excluding carboxylic acids is 1. The normalized spacial score (nSPS) is 28.5. The quantitative estimate of drug-likeness (QED) is 0.813. The maximum atomic E-state index is 11.7. The molecule has 3 rings (SSSR count). The molecule has 3 aliphatic rings. The van der Waals surface area contributed by atoms with Crippen LogP contribution in [-0.2, 0) is 14.3 Å². The van der Waals surface area contributed by atoms with Crippen LogP contribution in [0.25, 0.3) is 0 Å². The number of amides is 1. The average Bonchev–Trinajstić information content (AvgIpc) is 3.01. The molecule has 3 fully saturated rings. The summed E-state index contributed by atoms with van der Waals surface area (Å²) in [4.78, 5) is 11.7. The van der Waals surface area contributed by atoms with E-state index in [9.17, 15) is 4.79 Å². The van der Waals surface area contributed by atoms with E-state index in [1.54, 1.807) is 0 Å². The van der Waals surface area contributed by atoms with E-state index in [2.05, 4.69) is 5.32 Å². The molecule has 0 radical (unpaired) electrons. The first-order valence-corrected chi connectivity index (χ1v) is 6.83. The molecular weight excluding hydrogens is 218 g/mol. The predicted molar refractivity (Wildman–Crippen MR) is 62.4 cm³/mol. The fourth-order valence-electron chi connectivity index (χ4n) is 2.86. The van der Waals surface area contributed by atoms with Gasteiger partial charge in [0.1, 0.15) is 0 Å². The van der Waals surface area contributed by atoms with E-state index in [-0.39, 0.29) is 11.7 Å². The smallest absolute Gasteiger partial charge is 0.220 e. The lowest BCUT2D eigenvalue weighted by Crippen LogP contribution is -2.44. The minimum atomic E-state index is -0.308. The first-order chi connectivity index (χ1) is 8.26. The SMILES string of the molecule is O=C(CC1CC1)NC1CCC2(CC1)OCCO2. The van der Waals surface area contributed by atoms with Crippen molar-refractivity contribution in [1.29, 1.82) is 0 Å². The van der Waals surface area contributed by atoms with Crippen LogP contribution < -0.4 is 5.32 Å². The Kier molecular flexibility index (Phi) is 3.09. The molecule has 0 aromatic heterocycles. The summed E-state index contributed by atoms with van der Waals surface area (Å²) in [7, 11) is 0. The molecule has 1 heterocycles. The standard InChI is InChI=1S/C13H21NO3/c15-12(9-10-1-2-10)14-11-3-5-13(6-4-11)16-7-8-17-13/h10-11H,1-9H2,(H,14,15). The Labute approximate surface area is 102 Å². The van der Waals surface area contributed by atoms with E-state index in [0.29, 0.717) is 12.0 Å². The Morgan fingerprint density at radius 1 is 1.12 bits per heavy atom. The highest BCUT2D eigenvalue weighted by molar-refractivity contribution is 5.76. The highest BCUT2D eigenvalue weighted by atomic mass is 16.7. The summed E-state index contributed by atoms with van der Waals surface area (Å²) >= 11 is 0. The van der Waals surface area contributed by atoms with Crippen LogP contribution in [0.3, 0.4) is 0 Å². The lowest BCUT2D eigenvalue weighted by molar-refractivity contribution is -0.180. The molecular formula is C13H21NO3. The van der Waals surface area contributed by atoms with Crippen molar-refractivity contribution >= 4 is 5.91 Å². The lowest BCUT2D eigenvalue weighted by atomic mass is 9.90. The largest absolute Gasteiger partial charge is 0.353 e. The third-order valence-electron chi connectivity index (χ3n) is 4.10. The molecule has 96 valence electrons. The van der Waals surface area contributed by atoms with Crippen molar-refractivity contribution in [3.05, 3.63) is 0 Å². The molecule has 4 heteroatoms.